The quantitative estimate of drug-likeness (QED) is 0.801. The maximum Gasteiger partial charge on any atom is 0.244 e. The molecule has 2 rings (SSSR count). The molecule has 0 bridgehead atoms. The Morgan fingerprint density at radius 3 is 2.71 bits per heavy atom. The lowest BCUT2D eigenvalue weighted by Crippen LogP contribution is -2.26. The van der Waals surface area contributed by atoms with E-state index in [9.17, 15) is 4.79 Å². The maximum absolute atomic E-state index is 11.1. The molecule has 1 N–H and O–H groups in total. The number of nitrogens with one attached hydrogen (secondary N) is 1. The van der Waals surface area contributed by atoms with Gasteiger partial charge in [0.15, 0.2) is 0 Å². The van der Waals surface area contributed by atoms with Crippen molar-refractivity contribution in [1.82, 2.24) is 5.32 Å². The van der Waals surface area contributed by atoms with Crippen molar-refractivity contribution in [3.63, 3.8) is 0 Å². The molecule has 0 fully saturated rings. The topological polar surface area (TPSA) is 29.1 Å². The number of carbonyl (C=O) groups excluding carboxylic acids is 1. The Morgan fingerprint density at radius 2 is 2.00 bits per heavy atom. The molecule has 0 unspecified atom stereocenters. The van der Waals surface area contributed by atoms with E-state index in [1.165, 1.54) is 4.90 Å². The first-order valence-corrected chi connectivity index (χ1v) is 5.37. The molecule has 0 spiro atoms. The van der Waals surface area contributed by atoms with Crippen molar-refractivity contribution in [1.29, 1.82) is 0 Å². The van der Waals surface area contributed by atoms with Crippen LogP contribution in [-0.4, -0.2) is 12.5 Å². The summed E-state index contributed by atoms with van der Waals surface area (Å²) in [5.74, 6) is 0.0229. The van der Waals surface area contributed by atoms with Crippen LogP contribution in [0.5, 0.6) is 0 Å². The zero-order valence-electron chi connectivity index (χ0n) is 7.69. The Bertz CT molecular complexity index is 359. The summed E-state index contributed by atoms with van der Waals surface area (Å²) in [6, 6.07) is 10.1. The molecule has 2 nitrogen and oxygen atoms in total. The first-order chi connectivity index (χ1) is 6.84. The summed E-state index contributed by atoms with van der Waals surface area (Å²) in [5, 5.41) is 2.77. The number of hydrogen-bond acceptors (Lipinski definition) is 2. The molecule has 0 radical (unpaired) electrons. The van der Waals surface area contributed by atoms with Crippen LogP contribution in [0.25, 0.3) is 0 Å². The molecule has 1 aliphatic rings. The van der Waals surface area contributed by atoms with Crippen LogP contribution in [-0.2, 0) is 4.79 Å². The predicted octanol–water partition coefficient (Wildman–Crippen LogP) is 2.18. The molecule has 1 heterocycles. The van der Waals surface area contributed by atoms with Crippen LogP contribution in [0.3, 0.4) is 0 Å². The lowest BCUT2D eigenvalue weighted by molar-refractivity contribution is -0.116. The summed E-state index contributed by atoms with van der Waals surface area (Å²) >= 11 is 1.67. The van der Waals surface area contributed by atoms with E-state index in [0.29, 0.717) is 0 Å². The minimum absolute atomic E-state index is 0.0229. The van der Waals surface area contributed by atoms with Gasteiger partial charge in [0, 0.05) is 17.5 Å². The van der Waals surface area contributed by atoms with E-state index >= 15 is 0 Å². The molecule has 0 saturated carbocycles. The molecule has 14 heavy (non-hydrogen) atoms. The fourth-order valence-electron chi connectivity index (χ4n) is 1.30. The second-order valence-electron chi connectivity index (χ2n) is 3.07. The van der Waals surface area contributed by atoms with Gasteiger partial charge in [0.05, 0.1) is 0 Å². The molecule has 1 amide bonds. The van der Waals surface area contributed by atoms with Crippen molar-refractivity contribution in [3.8, 4) is 0 Å². The number of thioether (sulfide) groups is 1. The van der Waals surface area contributed by atoms with Gasteiger partial charge >= 0.3 is 0 Å². The van der Waals surface area contributed by atoms with Crippen LogP contribution in [0, 0.1) is 0 Å². The van der Waals surface area contributed by atoms with Gasteiger partial charge in [0.1, 0.15) is 0 Å². The molecule has 0 aromatic heterocycles. The number of carbonyl (C=O) groups is 1. The normalized spacial score (nSPS) is 16.0. The standard InChI is InChI=1S/C11H11NOS/c13-11-8-10(6-7-12-11)14-9-4-2-1-3-5-9/h1-5,8H,6-7H2,(H,12,13). The van der Waals surface area contributed by atoms with E-state index in [1.54, 1.807) is 17.8 Å². The van der Waals surface area contributed by atoms with Crippen LogP contribution >= 0.6 is 11.8 Å². The number of benzene rings is 1. The van der Waals surface area contributed by atoms with Gasteiger partial charge in [-0.3, -0.25) is 4.79 Å². The molecule has 0 atom stereocenters. The van der Waals surface area contributed by atoms with Crippen molar-refractivity contribution in [3.05, 3.63) is 41.3 Å². The highest BCUT2D eigenvalue weighted by atomic mass is 32.2. The van der Waals surface area contributed by atoms with E-state index in [1.807, 2.05) is 18.2 Å². The average molecular weight is 205 g/mol. The van der Waals surface area contributed by atoms with E-state index in [0.717, 1.165) is 17.9 Å². The minimum Gasteiger partial charge on any atom is -0.352 e. The predicted molar refractivity (Wildman–Crippen MR) is 58.0 cm³/mol. The molecule has 72 valence electrons. The summed E-state index contributed by atoms with van der Waals surface area (Å²) < 4.78 is 0. The highest BCUT2D eigenvalue weighted by Gasteiger charge is 2.09. The Labute approximate surface area is 87.4 Å². The molecule has 3 heteroatoms. The lowest BCUT2D eigenvalue weighted by Gasteiger charge is -2.12. The largest absolute Gasteiger partial charge is 0.352 e. The molecule has 0 saturated heterocycles. The lowest BCUT2D eigenvalue weighted by atomic mass is 10.3. The van der Waals surface area contributed by atoms with Gasteiger partial charge in [-0.2, -0.15) is 0 Å². The van der Waals surface area contributed by atoms with Crippen molar-refractivity contribution < 1.29 is 4.79 Å². The molecular formula is C11H11NOS. The van der Waals surface area contributed by atoms with Gasteiger partial charge in [0.25, 0.3) is 0 Å². The highest BCUT2D eigenvalue weighted by Crippen LogP contribution is 2.29. The van der Waals surface area contributed by atoms with Gasteiger partial charge in [-0.05, 0) is 23.5 Å². The van der Waals surface area contributed by atoms with E-state index in [2.05, 4.69) is 17.4 Å². The second kappa shape index (κ2) is 4.33. The third-order valence-corrected chi connectivity index (χ3v) is 3.05. The van der Waals surface area contributed by atoms with E-state index < -0.39 is 0 Å². The van der Waals surface area contributed by atoms with Gasteiger partial charge < -0.3 is 5.32 Å². The van der Waals surface area contributed by atoms with Crippen LogP contribution < -0.4 is 5.32 Å². The number of hydrogen-bond donors (Lipinski definition) is 1. The SMILES string of the molecule is O=C1C=C(Sc2ccccc2)CCN1. The fraction of sp³-hybridized carbons (Fsp3) is 0.182. The first kappa shape index (κ1) is 9.34. The monoisotopic (exact) mass is 205 g/mol. The van der Waals surface area contributed by atoms with Crippen molar-refractivity contribution in [2.45, 2.75) is 11.3 Å². The number of amides is 1. The van der Waals surface area contributed by atoms with Crippen LogP contribution in [0.4, 0.5) is 0 Å². The average Bonchev–Trinajstić information content (AvgIpc) is 2.19. The Morgan fingerprint density at radius 1 is 1.21 bits per heavy atom. The van der Waals surface area contributed by atoms with Gasteiger partial charge in [-0.1, -0.05) is 30.0 Å². The number of rotatable bonds is 2. The Hall–Kier alpha value is -1.22. The second-order valence-corrected chi connectivity index (χ2v) is 4.27. The molecule has 1 aliphatic heterocycles. The summed E-state index contributed by atoms with van der Waals surface area (Å²) in [6.45, 7) is 0.754. The van der Waals surface area contributed by atoms with Crippen molar-refractivity contribution in [2.75, 3.05) is 6.54 Å². The van der Waals surface area contributed by atoms with E-state index in [4.69, 9.17) is 0 Å². The van der Waals surface area contributed by atoms with Crippen LogP contribution in [0.1, 0.15) is 6.42 Å². The summed E-state index contributed by atoms with van der Waals surface area (Å²) in [5.41, 5.74) is 0. The smallest absolute Gasteiger partial charge is 0.244 e. The zero-order valence-corrected chi connectivity index (χ0v) is 8.51. The zero-order chi connectivity index (χ0) is 9.80. The third kappa shape index (κ3) is 2.39. The van der Waals surface area contributed by atoms with Crippen LogP contribution in [0.2, 0.25) is 0 Å². The summed E-state index contributed by atoms with van der Waals surface area (Å²) in [7, 11) is 0. The van der Waals surface area contributed by atoms with Gasteiger partial charge in [-0.15, -0.1) is 0 Å². The molecule has 0 aliphatic carbocycles. The summed E-state index contributed by atoms with van der Waals surface area (Å²) in [6.07, 6.45) is 2.62. The van der Waals surface area contributed by atoms with Crippen molar-refractivity contribution >= 4 is 17.7 Å². The summed E-state index contributed by atoms with van der Waals surface area (Å²) in [4.78, 5) is 13.4. The van der Waals surface area contributed by atoms with Gasteiger partial charge in [-0.25, -0.2) is 0 Å². The fourth-order valence-corrected chi connectivity index (χ4v) is 2.26. The Balaban J connectivity index is 2.08. The Kier molecular flexibility index (Phi) is 2.89. The van der Waals surface area contributed by atoms with Crippen LogP contribution in [0.15, 0.2) is 46.2 Å². The first-order valence-electron chi connectivity index (χ1n) is 4.56. The molecular weight excluding hydrogens is 194 g/mol. The minimum atomic E-state index is 0.0229. The van der Waals surface area contributed by atoms with E-state index in [-0.39, 0.29) is 5.91 Å². The maximum atomic E-state index is 11.1. The molecule has 1 aromatic rings. The molecule has 1 aromatic carbocycles. The van der Waals surface area contributed by atoms with Gasteiger partial charge in [0.2, 0.25) is 5.91 Å². The third-order valence-electron chi connectivity index (χ3n) is 1.95. The van der Waals surface area contributed by atoms with Crippen molar-refractivity contribution in [2.24, 2.45) is 0 Å². The highest BCUT2D eigenvalue weighted by molar-refractivity contribution is 8.03.